The van der Waals surface area contributed by atoms with Crippen molar-refractivity contribution in [3.63, 3.8) is 0 Å². The summed E-state index contributed by atoms with van der Waals surface area (Å²) in [6.07, 6.45) is 0. The maximum Gasteiger partial charge on any atom is 0.324 e. The number of carbonyl (C=O) groups excluding carboxylic acids is 2. The van der Waals surface area contributed by atoms with Crippen LogP contribution in [0.2, 0.25) is 5.02 Å². The van der Waals surface area contributed by atoms with Crippen molar-refractivity contribution >= 4 is 23.5 Å². The van der Waals surface area contributed by atoms with Crippen molar-refractivity contribution in [3.05, 3.63) is 34.1 Å². The molecule has 0 aliphatic rings. The minimum Gasteiger partial charge on any atom is -0.468 e. The fraction of sp³-hybridized carbons (Fsp3) is 0.250. The maximum absolute atomic E-state index is 13.4. The summed E-state index contributed by atoms with van der Waals surface area (Å²) in [5.41, 5.74) is -0.366. The minimum atomic E-state index is -1.60. The lowest BCUT2D eigenvalue weighted by Gasteiger charge is -2.15. The molecule has 0 N–H and O–H groups in total. The second kappa shape index (κ2) is 6.16. The Morgan fingerprint density at radius 3 is 2.26 bits per heavy atom. The van der Waals surface area contributed by atoms with E-state index in [9.17, 15) is 14.0 Å². The van der Waals surface area contributed by atoms with E-state index in [1.54, 1.807) is 6.07 Å². The number of carbonyl (C=O) groups is 2. The third kappa shape index (κ3) is 2.83. The molecule has 0 fully saturated rings. The van der Waals surface area contributed by atoms with Crippen LogP contribution in [0.5, 0.6) is 0 Å². The molecular formula is C12H9ClFNO4. The monoisotopic (exact) mass is 285 g/mol. The molecule has 0 spiro atoms. The molecule has 0 aliphatic heterocycles. The molecule has 0 aromatic heterocycles. The largest absolute Gasteiger partial charge is 0.468 e. The Bertz CT molecular complexity index is 552. The molecule has 0 bridgehead atoms. The first-order valence-electron chi connectivity index (χ1n) is 5.01. The number of nitrogens with zero attached hydrogens (tertiary/aromatic N) is 1. The van der Waals surface area contributed by atoms with Crippen molar-refractivity contribution in [2.75, 3.05) is 14.2 Å². The third-order valence-electron chi connectivity index (χ3n) is 2.42. The molecule has 0 saturated carbocycles. The van der Waals surface area contributed by atoms with Crippen LogP contribution in [0.3, 0.4) is 0 Å². The molecule has 19 heavy (non-hydrogen) atoms. The number of rotatable bonds is 3. The molecule has 0 heterocycles. The van der Waals surface area contributed by atoms with Gasteiger partial charge >= 0.3 is 11.9 Å². The molecular weight excluding hydrogens is 277 g/mol. The summed E-state index contributed by atoms with van der Waals surface area (Å²) in [6, 6.07) is 3.82. The van der Waals surface area contributed by atoms with E-state index < -0.39 is 28.7 Å². The smallest absolute Gasteiger partial charge is 0.324 e. The third-order valence-corrected chi connectivity index (χ3v) is 2.80. The van der Waals surface area contributed by atoms with Crippen molar-refractivity contribution in [2.45, 2.75) is 5.92 Å². The highest BCUT2D eigenvalue weighted by atomic mass is 35.5. The van der Waals surface area contributed by atoms with Crippen LogP contribution in [0.25, 0.3) is 0 Å². The van der Waals surface area contributed by atoms with Gasteiger partial charge < -0.3 is 9.47 Å². The standard InChI is InChI=1S/C12H9ClFNO4/c1-18-11(16)9(12(17)19-2)8-6(5-15)3-4-7(14)10(8)13/h3-4,9H,1-2H3. The molecule has 0 radical (unpaired) electrons. The van der Waals surface area contributed by atoms with E-state index in [0.717, 1.165) is 26.4 Å². The van der Waals surface area contributed by atoms with Gasteiger partial charge in [0.1, 0.15) is 5.82 Å². The van der Waals surface area contributed by atoms with Gasteiger partial charge in [0.05, 0.1) is 30.9 Å². The van der Waals surface area contributed by atoms with E-state index in [2.05, 4.69) is 9.47 Å². The van der Waals surface area contributed by atoms with Gasteiger partial charge in [-0.2, -0.15) is 5.26 Å². The molecule has 5 nitrogen and oxygen atoms in total. The van der Waals surface area contributed by atoms with Crippen molar-refractivity contribution in [2.24, 2.45) is 0 Å². The van der Waals surface area contributed by atoms with Gasteiger partial charge in [0.2, 0.25) is 0 Å². The number of esters is 2. The van der Waals surface area contributed by atoms with Gasteiger partial charge in [-0.15, -0.1) is 0 Å². The number of nitriles is 1. The first-order chi connectivity index (χ1) is 8.97. The highest BCUT2D eigenvalue weighted by Crippen LogP contribution is 2.32. The summed E-state index contributed by atoms with van der Waals surface area (Å²) in [4.78, 5) is 23.3. The van der Waals surface area contributed by atoms with Gasteiger partial charge in [0.25, 0.3) is 0 Å². The summed E-state index contributed by atoms with van der Waals surface area (Å²) in [5.74, 6) is -4.44. The highest BCUT2D eigenvalue weighted by molar-refractivity contribution is 6.32. The Labute approximate surface area is 113 Å². The molecule has 0 unspecified atom stereocenters. The van der Waals surface area contributed by atoms with E-state index >= 15 is 0 Å². The zero-order valence-electron chi connectivity index (χ0n) is 10.1. The van der Waals surface area contributed by atoms with Crippen LogP contribution in [0.4, 0.5) is 4.39 Å². The fourth-order valence-electron chi connectivity index (χ4n) is 1.51. The van der Waals surface area contributed by atoms with E-state index in [-0.39, 0.29) is 11.1 Å². The predicted molar refractivity (Wildman–Crippen MR) is 62.9 cm³/mol. The molecule has 1 aromatic carbocycles. The van der Waals surface area contributed by atoms with Crippen LogP contribution in [-0.2, 0) is 19.1 Å². The Hall–Kier alpha value is -2.13. The molecule has 7 heteroatoms. The van der Waals surface area contributed by atoms with E-state index in [4.69, 9.17) is 16.9 Å². The first kappa shape index (κ1) is 14.9. The zero-order valence-corrected chi connectivity index (χ0v) is 10.8. The Morgan fingerprint density at radius 1 is 1.32 bits per heavy atom. The van der Waals surface area contributed by atoms with E-state index in [0.29, 0.717) is 0 Å². The zero-order chi connectivity index (χ0) is 14.6. The number of benzene rings is 1. The number of hydrogen-bond donors (Lipinski definition) is 0. The summed E-state index contributed by atoms with van der Waals surface area (Å²) in [7, 11) is 2.11. The van der Waals surface area contributed by atoms with Crippen molar-refractivity contribution in [1.29, 1.82) is 5.26 Å². The highest BCUT2D eigenvalue weighted by Gasteiger charge is 2.35. The van der Waals surface area contributed by atoms with Crippen molar-refractivity contribution in [1.82, 2.24) is 0 Å². The molecule has 0 saturated heterocycles. The second-order valence-corrected chi connectivity index (χ2v) is 3.79. The van der Waals surface area contributed by atoms with Gasteiger partial charge in [-0.05, 0) is 12.1 Å². The quantitative estimate of drug-likeness (QED) is 0.625. The van der Waals surface area contributed by atoms with Crippen molar-refractivity contribution in [3.8, 4) is 6.07 Å². The molecule has 1 rings (SSSR count). The normalized spacial score (nSPS) is 9.89. The lowest BCUT2D eigenvalue weighted by Crippen LogP contribution is -2.25. The van der Waals surface area contributed by atoms with Crippen LogP contribution in [0.1, 0.15) is 17.0 Å². The van der Waals surface area contributed by atoms with E-state index in [1.807, 2.05) is 0 Å². The van der Waals surface area contributed by atoms with Gasteiger partial charge in [-0.25, -0.2) is 4.39 Å². The van der Waals surface area contributed by atoms with Crippen LogP contribution in [0, 0.1) is 17.1 Å². The van der Waals surface area contributed by atoms with Crippen LogP contribution in [-0.4, -0.2) is 26.2 Å². The molecule has 0 amide bonds. The van der Waals surface area contributed by atoms with Gasteiger partial charge in [0.15, 0.2) is 5.92 Å². The molecule has 100 valence electrons. The summed E-state index contributed by atoms with van der Waals surface area (Å²) in [6.45, 7) is 0. The average Bonchev–Trinajstić information content (AvgIpc) is 2.43. The lowest BCUT2D eigenvalue weighted by atomic mass is 9.94. The summed E-state index contributed by atoms with van der Waals surface area (Å²) >= 11 is 5.73. The topological polar surface area (TPSA) is 76.4 Å². The fourth-order valence-corrected chi connectivity index (χ4v) is 1.79. The van der Waals surface area contributed by atoms with Crippen LogP contribution in [0.15, 0.2) is 12.1 Å². The van der Waals surface area contributed by atoms with E-state index in [1.165, 1.54) is 0 Å². The summed E-state index contributed by atoms with van der Waals surface area (Å²) < 4.78 is 22.4. The average molecular weight is 286 g/mol. The number of ether oxygens (including phenoxy) is 2. The van der Waals surface area contributed by atoms with Gasteiger partial charge in [0, 0.05) is 5.56 Å². The van der Waals surface area contributed by atoms with Crippen molar-refractivity contribution < 1.29 is 23.5 Å². The minimum absolute atomic E-state index is 0.104. The summed E-state index contributed by atoms with van der Waals surface area (Å²) in [5, 5.41) is 8.47. The number of hydrogen-bond acceptors (Lipinski definition) is 5. The Morgan fingerprint density at radius 2 is 1.84 bits per heavy atom. The SMILES string of the molecule is COC(=O)C(C(=O)OC)c1c(C#N)ccc(F)c1Cl. The molecule has 0 aliphatic carbocycles. The maximum atomic E-state index is 13.4. The predicted octanol–water partition coefficient (Wildman–Crippen LogP) is 1.78. The number of halogens is 2. The Kier molecular flexibility index (Phi) is 4.84. The second-order valence-electron chi connectivity index (χ2n) is 3.41. The number of methoxy groups -OCH3 is 2. The molecule has 0 atom stereocenters. The molecule has 1 aromatic rings. The van der Waals surface area contributed by atoms with Gasteiger partial charge in [-0.1, -0.05) is 11.6 Å². The first-order valence-corrected chi connectivity index (χ1v) is 5.39. The van der Waals surface area contributed by atoms with Crippen LogP contribution < -0.4 is 0 Å². The lowest BCUT2D eigenvalue weighted by molar-refractivity contribution is -0.154. The van der Waals surface area contributed by atoms with Crippen LogP contribution >= 0.6 is 11.6 Å². The Balaban J connectivity index is 3.54. The van der Waals surface area contributed by atoms with Gasteiger partial charge in [-0.3, -0.25) is 9.59 Å².